The summed E-state index contributed by atoms with van der Waals surface area (Å²) in [6.07, 6.45) is 1.35. The molecule has 0 saturated carbocycles. The lowest BCUT2D eigenvalue weighted by atomic mass is 10.2. The average Bonchev–Trinajstić information content (AvgIpc) is 2.81. The van der Waals surface area contributed by atoms with Crippen molar-refractivity contribution in [1.29, 1.82) is 0 Å². The normalized spacial score (nSPS) is 21.4. The van der Waals surface area contributed by atoms with Crippen LogP contribution in [-0.4, -0.2) is 37.0 Å². The Morgan fingerprint density at radius 3 is 2.83 bits per heavy atom. The highest BCUT2D eigenvalue weighted by Crippen LogP contribution is 2.27. The Morgan fingerprint density at radius 1 is 1.50 bits per heavy atom. The molecule has 0 aromatic heterocycles. The highest BCUT2D eigenvalue weighted by Gasteiger charge is 2.35. The van der Waals surface area contributed by atoms with E-state index in [1.807, 2.05) is 0 Å². The zero-order valence-electron chi connectivity index (χ0n) is 9.51. The molecule has 0 spiro atoms. The van der Waals surface area contributed by atoms with Crippen molar-refractivity contribution in [1.82, 2.24) is 4.31 Å². The Hall–Kier alpha value is -0.500. The predicted octanol–water partition coefficient (Wildman–Crippen LogP) is 1.73. The van der Waals surface area contributed by atoms with Gasteiger partial charge in [0.25, 0.3) is 0 Å². The van der Waals surface area contributed by atoms with Crippen LogP contribution in [0.4, 0.5) is 4.39 Å². The maximum absolute atomic E-state index is 13.4. The number of halogens is 2. The molecule has 1 aliphatic rings. The van der Waals surface area contributed by atoms with Crippen molar-refractivity contribution >= 4 is 26.0 Å². The van der Waals surface area contributed by atoms with Crippen molar-refractivity contribution in [2.75, 3.05) is 13.2 Å². The second-order valence-electron chi connectivity index (χ2n) is 4.17. The molecule has 1 aromatic carbocycles. The maximum atomic E-state index is 13.4. The van der Waals surface area contributed by atoms with Gasteiger partial charge in [-0.3, -0.25) is 0 Å². The Morgan fingerprint density at radius 2 is 2.22 bits per heavy atom. The van der Waals surface area contributed by atoms with Crippen LogP contribution in [0.2, 0.25) is 0 Å². The van der Waals surface area contributed by atoms with Gasteiger partial charge in [0, 0.05) is 12.6 Å². The highest BCUT2D eigenvalue weighted by molar-refractivity contribution is 9.10. The van der Waals surface area contributed by atoms with Crippen molar-refractivity contribution in [3.63, 3.8) is 0 Å². The lowest BCUT2D eigenvalue weighted by Crippen LogP contribution is -2.37. The van der Waals surface area contributed by atoms with Crippen LogP contribution in [0.1, 0.15) is 12.8 Å². The monoisotopic (exact) mass is 337 g/mol. The fourth-order valence-corrected chi connectivity index (χ4v) is 4.02. The molecule has 0 amide bonds. The van der Waals surface area contributed by atoms with Crippen LogP contribution in [0.25, 0.3) is 0 Å². The van der Waals surface area contributed by atoms with E-state index in [-0.39, 0.29) is 16.0 Å². The zero-order valence-corrected chi connectivity index (χ0v) is 11.9. The van der Waals surface area contributed by atoms with E-state index in [1.54, 1.807) is 0 Å². The summed E-state index contributed by atoms with van der Waals surface area (Å²) >= 11 is 2.98. The third-order valence-corrected chi connectivity index (χ3v) is 5.62. The van der Waals surface area contributed by atoms with Gasteiger partial charge in [-0.05, 0) is 47.0 Å². The van der Waals surface area contributed by atoms with Crippen LogP contribution in [0, 0.1) is 5.82 Å². The van der Waals surface area contributed by atoms with Crippen molar-refractivity contribution in [3.05, 3.63) is 28.5 Å². The van der Waals surface area contributed by atoms with Crippen molar-refractivity contribution in [2.24, 2.45) is 0 Å². The second kappa shape index (κ2) is 5.24. The molecule has 18 heavy (non-hydrogen) atoms. The van der Waals surface area contributed by atoms with Crippen LogP contribution in [0.5, 0.6) is 0 Å². The number of nitrogens with zero attached hydrogens (tertiary/aromatic N) is 1. The third-order valence-electron chi connectivity index (χ3n) is 3.03. The van der Waals surface area contributed by atoms with E-state index < -0.39 is 21.9 Å². The van der Waals surface area contributed by atoms with Gasteiger partial charge in [-0.2, -0.15) is 4.31 Å². The minimum atomic E-state index is -3.73. The number of hydrogen-bond donors (Lipinski definition) is 1. The van der Waals surface area contributed by atoms with Gasteiger partial charge in [-0.1, -0.05) is 0 Å². The average molecular weight is 338 g/mol. The smallest absolute Gasteiger partial charge is 0.243 e. The van der Waals surface area contributed by atoms with Crippen molar-refractivity contribution < 1.29 is 17.9 Å². The zero-order chi connectivity index (χ0) is 13.3. The van der Waals surface area contributed by atoms with Crippen molar-refractivity contribution in [3.8, 4) is 0 Å². The summed E-state index contributed by atoms with van der Waals surface area (Å²) < 4.78 is 39.5. The Balaban J connectivity index is 2.38. The summed E-state index contributed by atoms with van der Waals surface area (Å²) in [4.78, 5) is -0.0800. The number of aliphatic hydroxyl groups is 1. The molecule has 4 nitrogen and oxygen atoms in total. The molecule has 0 radical (unpaired) electrons. The van der Waals surface area contributed by atoms with Gasteiger partial charge in [0.2, 0.25) is 10.0 Å². The van der Waals surface area contributed by atoms with Gasteiger partial charge >= 0.3 is 0 Å². The van der Waals surface area contributed by atoms with Gasteiger partial charge < -0.3 is 5.11 Å². The van der Waals surface area contributed by atoms with Gasteiger partial charge in [0.15, 0.2) is 0 Å². The SMILES string of the molecule is O=S(=O)(c1ccc(Br)c(F)c1)N1CCC[C@H]1CO. The first-order valence-electron chi connectivity index (χ1n) is 5.54. The quantitative estimate of drug-likeness (QED) is 0.913. The fraction of sp³-hybridized carbons (Fsp3) is 0.455. The van der Waals surface area contributed by atoms with E-state index in [4.69, 9.17) is 5.11 Å². The van der Waals surface area contributed by atoms with Crippen molar-refractivity contribution in [2.45, 2.75) is 23.8 Å². The summed E-state index contributed by atoms with van der Waals surface area (Å²) in [7, 11) is -3.73. The summed E-state index contributed by atoms with van der Waals surface area (Å²) in [6, 6.07) is 3.31. The van der Waals surface area contributed by atoms with Crippen LogP contribution in [-0.2, 0) is 10.0 Å². The predicted molar refractivity (Wildman–Crippen MR) is 68.1 cm³/mol. The summed E-state index contributed by atoms with van der Waals surface area (Å²) in [6.45, 7) is 0.156. The number of sulfonamides is 1. The topological polar surface area (TPSA) is 57.6 Å². The molecule has 100 valence electrons. The maximum Gasteiger partial charge on any atom is 0.243 e. The highest BCUT2D eigenvalue weighted by atomic mass is 79.9. The Labute approximate surface area is 114 Å². The molecule has 1 N–H and O–H groups in total. The molecule has 2 rings (SSSR count). The van der Waals surface area contributed by atoms with Crippen LogP contribution in [0.15, 0.2) is 27.6 Å². The standard InChI is InChI=1S/C11H13BrFNO3S/c12-10-4-3-9(6-11(10)13)18(16,17)14-5-1-2-8(14)7-15/h3-4,6,8,15H,1-2,5,7H2/t8-/m0/s1. The summed E-state index contributed by atoms with van der Waals surface area (Å²) in [5.41, 5.74) is 0. The molecule has 1 atom stereocenters. The van der Waals surface area contributed by atoms with E-state index in [1.165, 1.54) is 16.4 Å². The molecule has 1 saturated heterocycles. The van der Waals surface area contributed by atoms with E-state index >= 15 is 0 Å². The molecule has 7 heteroatoms. The first-order chi connectivity index (χ1) is 8.46. The molecule has 0 aliphatic carbocycles. The van der Waals surface area contributed by atoms with E-state index in [9.17, 15) is 12.8 Å². The van der Waals surface area contributed by atoms with Crippen LogP contribution < -0.4 is 0 Å². The minimum absolute atomic E-state index is 0.0800. The number of hydrogen-bond acceptors (Lipinski definition) is 3. The first-order valence-corrected chi connectivity index (χ1v) is 7.78. The van der Waals surface area contributed by atoms with E-state index in [2.05, 4.69) is 15.9 Å². The molecule has 1 aromatic rings. The van der Waals surface area contributed by atoms with Gasteiger partial charge in [-0.15, -0.1) is 0 Å². The summed E-state index contributed by atoms with van der Waals surface area (Å²) in [5.74, 6) is -0.615. The lowest BCUT2D eigenvalue weighted by Gasteiger charge is -2.22. The van der Waals surface area contributed by atoms with Crippen LogP contribution >= 0.6 is 15.9 Å². The molecule has 1 heterocycles. The molecule has 1 aliphatic heterocycles. The van der Waals surface area contributed by atoms with E-state index in [0.717, 1.165) is 6.07 Å². The van der Waals surface area contributed by atoms with Gasteiger partial charge in [0.1, 0.15) is 5.82 Å². The Kier molecular flexibility index (Phi) is 4.05. The number of rotatable bonds is 3. The molecule has 0 unspecified atom stereocenters. The number of aliphatic hydroxyl groups excluding tert-OH is 1. The minimum Gasteiger partial charge on any atom is -0.395 e. The first kappa shape index (κ1) is 13.9. The van der Waals surface area contributed by atoms with Gasteiger partial charge in [0.05, 0.1) is 16.0 Å². The third kappa shape index (κ3) is 2.45. The largest absolute Gasteiger partial charge is 0.395 e. The number of benzene rings is 1. The second-order valence-corrected chi connectivity index (χ2v) is 6.92. The Bertz CT molecular complexity index is 549. The van der Waals surface area contributed by atoms with Gasteiger partial charge in [-0.25, -0.2) is 12.8 Å². The molecule has 1 fully saturated rings. The fourth-order valence-electron chi connectivity index (χ4n) is 2.08. The summed E-state index contributed by atoms with van der Waals surface area (Å²) in [5, 5.41) is 9.16. The van der Waals surface area contributed by atoms with E-state index in [0.29, 0.717) is 19.4 Å². The lowest BCUT2D eigenvalue weighted by molar-refractivity contribution is 0.213. The molecular formula is C11H13BrFNO3S. The van der Waals surface area contributed by atoms with Crippen LogP contribution in [0.3, 0.4) is 0 Å². The molecular weight excluding hydrogens is 325 g/mol. The molecule has 0 bridgehead atoms.